The number of hydrogen-bond donors (Lipinski definition) is 0. The molecule has 0 bridgehead atoms. The first-order chi connectivity index (χ1) is 15.0. The molecule has 0 atom stereocenters. The molecule has 1 aliphatic heterocycles. The fourth-order valence-corrected chi connectivity index (χ4v) is 4.79. The minimum Gasteiger partial charge on any atom is -0.496 e. The maximum atomic E-state index is 13.9. The van der Waals surface area contributed by atoms with Crippen molar-refractivity contribution in [2.24, 2.45) is 0 Å². The Morgan fingerprint density at radius 3 is 2.39 bits per heavy atom. The summed E-state index contributed by atoms with van der Waals surface area (Å²) in [4.78, 5) is 7.42. The van der Waals surface area contributed by atoms with Crippen molar-refractivity contribution in [3.05, 3.63) is 66.4 Å². The molecule has 1 aliphatic rings. The predicted octanol–water partition coefficient (Wildman–Crippen LogP) is 6.92. The first-order valence-corrected chi connectivity index (χ1v) is 11.0. The van der Waals surface area contributed by atoms with E-state index in [0.717, 1.165) is 49.1 Å². The maximum Gasteiger partial charge on any atom is 0.417 e. The van der Waals surface area contributed by atoms with Crippen LogP contribution in [0.4, 0.5) is 19.0 Å². The molecule has 0 saturated carbocycles. The molecule has 3 nitrogen and oxygen atoms in total. The van der Waals surface area contributed by atoms with E-state index in [2.05, 4.69) is 9.88 Å². The van der Waals surface area contributed by atoms with Crippen LogP contribution < -0.4 is 9.64 Å². The number of nitrogens with zero attached hydrogens (tertiary/aromatic N) is 2. The zero-order chi connectivity index (χ0) is 21.8. The molecular weight excluding hydrogens is 421 g/mol. The van der Waals surface area contributed by atoms with Crippen LogP contribution in [0.2, 0.25) is 0 Å². The lowest BCUT2D eigenvalue weighted by Crippen LogP contribution is -2.30. The third-order valence-electron chi connectivity index (χ3n) is 5.33. The van der Waals surface area contributed by atoms with Crippen molar-refractivity contribution in [2.75, 3.05) is 25.1 Å². The van der Waals surface area contributed by atoms with E-state index in [0.29, 0.717) is 16.2 Å². The minimum atomic E-state index is -4.47. The quantitative estimate of drug-likeness (QED) is 0.427. The summed E-state index contributed by atoms with van der Waals surface area (Å²) in [6.07, 6.45) is 0.627. The lowest BCUT2D eigenvalue weighted by Gasteiger charge is -2.28. The van der Waals surface area contributed by atoms with Gasteiger partial charge in [0.05, 0.1) is 17.6 Å². The highest BCUT2D eigenvalue weighted by molar-refractivity contribution is 7.99. The molecule has 0 N–H and O–H groups in total. The molecule has 1 saturated heterocycles. The Labute approximate surface area is 184 Å². The number of rotatable bonds is 5. The summed E-state index contributed by atoms with van der Waals surface area (Å²) in [5, 5.41) is 0. The van der Waals surface area contributed by atoms with Gasteiger partial charge in [0.1, 0.15) is 11.6 Å². The van der Waals surface area contributed by atoms with Gasteiger partial charge in [-0.25, -0.2) is 4.98 Å². The number of aromatic nitrogens is 1. The van der Waals surface area contributed by atoms with Crippen molar-refractivity contribution in [2.45, 2.75) is 35.2 Å². The van der Waals surface area contributed by atoms with Gasteiger partial charge in [0, 0.05) is 24.2 Å². The number of anilines is 1. The third-order valence-corrected chi connectivity index (χ3v) is 6.47. The number of pyridine rings is 1. The first kappa shape index (κ1) is 21.6. The van der Waals surface area contributed by atoms with E-state index in [9.17, 15) is 13.2 Å². The molecule has 4 rings (SSSR count). The van der Waals surface area contributed by atoms with E-state index in [1.54, 1.807) is 42.6 Å². The van der Waals surface area contributed by atoms with Gasteiger partial charge in [-0.05, 0) is 66.8 Å². The maximum absolute atomic E-state index is 13.9. The van der Waals surface area contributed by atoms with Crippen LogP contribution in [0.25, 0.3) is 11.1 Å². The largest absolute Gasteiger partial charge is 0.496 e. The molecule has 0 amide bonds. The van der Waals surface area contributed by atoms with E-state index < -0.39 is 11.7 Å². The smallest absolute Gasteiger partial charge is 0.417 e. The molecular formula is C24H23F3N2OS. The normalized spacial score (nSPS) is 14.5. The van der Waals surface area contributed by atoms with Gasteiger partial charge in [-0.1, -0.05) is 30.0 Å². The summed E-state index contributed by atoms with van der Waals surface area (Å²) < 4.78 is 47.1. The summed E-state index contributed by atoms with van der Waals surface area (Å²) in [6.45, 7) is 1.86. The Balaban J connectivity index is 1.69. The monoisotopic (exact) mass is 444 g/mol. The molecule has 31 heavy (non-hydrogen) atoms. The van der Waals surface area contributed by atoms with E-state index >= 15 is 0 Å². The van der Waals surface area contributed by atoms with Crippen LogP contribution in [0.5, 0.6) is 5.75 Å². The molecule has 162 valence electrons. The lowest BCUT2D eigenvalue weighted by atomic mass is 10.0. The summed E-state index contributed by atoms with van der Waals surface area (Å²) in [7, 11) is 1.51. The molecule has 2 aromatic carbocycles. The number of para-hydroxylation sites is 1. The van der Waals surface area contributed by atoms with Crippen LogP contribution in [0.15, 0.2) is 70.6 Å². The average molecular weight is 445 g/mol. The highest BCUT2D eigenvalue weighted by Crippen LogP contribution is 2.43. The fourth-order valence-electron chi connectivity index (χ4n) is 3.74. The van der Waals surface area contributed by atoms with Gasteiger partial charge in [-0.15, -0.1) is 0 Å². The van der Waals surface area contributed by atoms with Crippen molar-refractivity contribution in [1.29, 1.82) is 0 Å². The van der Waals surface area contributed by atoms with Crippen LogP contribution in [-0.2, 0) is 6.18 Å². The van der Waals surface area contributed by atoms with E-state index in [1.165, 1.54) is 25.7 Å². The van der Waals surface area contributed by atoms with Crippen LogP contribution >= 0.6 is 11.8 Å². The molecule has 1 aromatic heterocycles. The van der Waals surface area contributed by atoms with E-state index in [1.807, 2.05) is 6.07 Å². The summed E-state index contributed by atoms with van der Waals surface area (Å²) in [6, 6.07) is 15.2. The summed E-state index contributed by atoms with van der Waals surface area (Å²) in [5.74, 6) is 1.36. The van der Waals surface area contributed by atoms with Crippen LogP contribution in [-0.4, -0.2) is 25.2 Å². The number of halogens is 3. The van der Waals surface area contributed by atoms with E-state index in [-0.39, 0.29) is 4.90 Å². The Morgan fingerprint density at radius 1 is 0.903 bits per heavy atom. The van der Waals surface area contributed by atoms with Crippen LogP contribution in [0, 0.1) is 0 Å². The van der Waals surface area contributed by atoms with Crippen LogP contribution in [0.1, 0.15) is 24.8 Å². The van der Waals surface area contributed by atoms with Crippen molar-refractivity contribution in [3.63, 3.8) is 0 Å². The number of hydrogen-bond acceptors (Lipinski definition) is 4. The first-order valence-electron chi connectivity index (χ1n) is 10.2. The number of ether oxygens (including phenoxy) is 1. The highest BCUT2D eigenvalue weighted by Gasteiger charge is 2.34. The molecule has 2 heterocycles. The van der Waals surface area contributed by atoms with Crippen molar-refractivity contribution in [1.82, 2.24) is 4.98 Å². The molecule has 1 fully saturated rings. The van der Waals surface area contributed by atoms with Gasteiger partial charge in [0.2, 0.25) is 0 Å². The second-order valence-electron chi connectivity index (χ2n) is 7.41. The Bertz CT molecular complexity index is 1050. The molecule has 7 heteroatoms. The molecule has 0 aliphatic carbocycles. The van der Waals surface area contributed by atoms with Gasteiger partial charge >= 0.3 is 6.18 Å². The van der Waals surface area contributed by atoms with Crippen molar-refractivity contribution >= 4 is 17.6 Å². The lowest BCUT2D eigenvalue weighted by molar-refractivity contribution is -0.139. The SMILES string of the molecule is COc1ccccc1Sc1ccc(-c2ccnc(N3CCCCC3)c2)cc1C(F)(F)F. The van der Waals surface area contributed by atoms with Gasteiger partial charge in [-0.2, -0.15) is 13.2 Å². The fraction of sp³-hybridized carbons (Fsp3) is 0.292. The highest BCUT2D eigenvalue weighted by atomic mass is 32.2. The average Bonchev–Trinajstić information content (AvgIpc) is 2.79. The number of piperidine rings is 1. The second kappa shape index (κ2) is 9.22. The standard InChI is InChI=1S/C24H23F3N2OS/c1-30-20-7-3-4-8-22(20)31-21-10-9-17(15-19(21)24(25,26)27)18-11-12-28-23(16-18)29-13-5-2-6-14-29/h3-4,7-12,15-16H,2,5-6,13-14H2,1H3. The van der Waals surface area contributed by atoms with Gasteiger partial charge < -0.3 is 9.64 Å². The Hall–Kier alpha value is -2.67. The third kappa shape index (κ3) is 4.98. The van der Waals surface area contributed by atoms with Gasteiger partial charge in [-0.3, -0.25) is 0 Å². The van der Waals surface area contributed by atoms with Gasteiger partial charge in [0.15, 0.2) is 0 Å². The molecule has 0 spiro atoms. The van der Waals surface area contributed by atoms with Gasteiger partial charge in [0.25, 0.3) is 0 Å². The number of benzene rings is 2. The number of methoxy groups -OCH3 is 1. The predicted molar refractivity (Wildman–Crippen MR) is 118 cm³/mol. The minimum absolute atomic E-state index is 0.145. The molecule has 0 unspecified atom stereocenters. The zero-order valence-corrected chi connectivity index (χ0v) is 18.0. The zero-order valence-electron chi connectivity index (χ0n) is 17.2. The Kier molecular flexibility index (Phi) is 6.41. The topological polar surface area (TPSA) is 25.4 Å². The Morgan fingerprint density at radius 2 is 1.65 bits per heavy atom. The summed E-state index contributed by atoms with van der Waals surface area (Å²) >= 11 is 1.06. The van der Waals surface area contributed by atoms with Crippen molar-refractivity contribution in [3.8, 4) is 16.9 Å². The second-order valence-corrected chi connectivity index (χ2v) is 8.50. The molecule has 3 aromatic rings. The molecule has 0 radical (unpaired) electrons. The van der Waals surface area contributed by atoms with E-state index in [4.69, 9.17) is 4.74 Å². The summed E-state index contributed by atoms with van der Waals surface area (Å²) in [5.41, 5.74) is 0.601. The number of alkyl halides is 3. The van der Waals surface area contributed by atoms with Crippen LogP contribution in [0.3, 0.4) is 0 Å². The van der Waals surface area contributed by atoms with Crippen molar-refractivity contribution < 1.29 is 17.9 Å².